The summed E-state index contributed by atoms with van der Waals surface area (Å²) in [5.74, 6) is -0.364. The Labute approximate surface area is 143 Å². The summed E-state index contributed by atoms with van der Waals surface area (Å²) in [5, 5.41) is 0. The fourth-order valence-corrected chi connectivity index (χ4v) is 1.74. The van der Waals surface area contributed by atoms with Crippen LogP contribution in [0.3, 0.4) is 0 Å². The Morgan fingerprint density at radius 1 is 1.12 bits per heavy atom. The standard InChI is InChI=1S/C19H25NO4/c1-6-23-17(21)10-8-7-9-15-11-13-16(14-12-15)20(5)18(22)24-19(2,3)4/h7-14H,6H2,1-5H3. The van der Waals surface area contributed by atoms with Crippen molar-refractivity contribution in [2.75, 3.05) is 18.6 Å². The predicted octanol–water partition coefficient (Wildman–Crippen LogP) is 4.19. The Balaban J connectivity index is 2.65. The Kier molecular flexibility index (Phi) is 7.24. The van der Waals surface area contributed by atoms with Gasteiger partial charge in [0.15, 0.2) is 0 Å². The maximum absolute atomic E-state index is 12.0. The van der Waals surface area contributed by atoms with E-state index in [-0.39, 0.29) is 5.97 Å². The van der Waals surface area contributed by atoms with E-state index in [0.717, 1.165) is 11.3 Å². The molecule has 0 aliphatic rings. The average Bonchev–Trinajstić information content (AvgIpc) is 2.50. The number of rotatable bonds is 5. The maximum Gasteiger partial charge on any atom is 0.414 e. The van der Waals surface area contributed by atoms with E-state index in [4.69, 9.17) is 9.47 Å². The summed E-state index contributed by atoms with van der Waals surface area (Å²) in [7, 11) is 1.67. The normalized spacial score (nSPS) is 11.7. The maximum atomic E-state index is 12.0. The monoisotopic (exact) mass is 331 g/mol. The van der Waals surface area contributed by atoms with Crippen molar-refractivity contribution in [2.45, 2.75) is 33.3 Å². The molecule has 1 rings (SSSR count). The van der Waals surface area contributed by atoms with Gasteiger partial charge in [0.25, 0.3) is 0 Å². The van der Waals surface area contributed by atoms with Crippen molar-refractivity contribution in [1.82, 2.24) is 0 Å². The number of amides is 1. The molecule has 0 unspecified atom stereocenters. The van der Waals surface area contributed by atoms with Crippen LogP contribution < -0.4 is 4.90 Å². The number of ether oxygens (including phenoxy) is 2. The van der Waals surface area contributed by atoms with E-state index in [1.54, 1.807) is 26.1 Å². The molecular weight excluding hydrogens is 306 g/mol. The zero-order chi connectivity index (χ0) is 18.2. The van der Waals surface area contributed by atoms with E-state index in [0.29, 0.717) is 6.61 Å². The predicted molar refractivity (Wildman–Crippen MR) is 95.9 cm³/mol. The second-order valence-corrected chi connectivity index (χ2v) is 6.10. The van der Waals surface area contributed by atoms with Gasteiger partial charge in [0, 0.05) is 18.8 Å². The lowest BCUT2D eigenvalue weighted by atomic mass is 10.2. The molecule has 0 spiro atoms. The van der Waals surface area contributed by atoms with Gasteiger partial charge in [0.1, 0.15) is 5.60 Å². The van der Waals surface area contributed by atoms with Gasteiger partial charge in [-0.1, -0.05) is 30.4 Å². The Bertz CT molecular complexity index is 609. The lowest BCUT2D eigenvalue weighted by Crippen LogP contribution is -2.34. The number of allylic oxidation sites excluding steroid dienone is 2. The highest BCUT2D eigenvalue weighted by Crippen LogP contribution is 2.18. The minimum absolute atomic E-state index is 0.361. The molecule has 5 heteroatoms. The van der Waals surface area contributed by atoms with Crippen LogP contribution in [-0.2, 0) is 14.3 Å². The molecule has 0 saturated heterocycles. The van der Waals surface area contributed by atoms with E-state index in [2.05, 4.69) is 0 Å². The number of hydrogen-bond donors (Lipinski definition) is 0. The average molecular weight is 331 g/mol. The number of carbonyl (C=O) groups excluding carboxylic acids is 2. The number of nitrogens with zero attached hydrogens (tertiary/aromatic N) is 1. The van der Waals surface area contributed by atoms with Gasteiger partial charge in [-0.05, 0) is 45.4 Å². The molecule has 0 N–H and O–H groups in total. The molecule has 1 amide bonds. The van der Waals surface area contributed by atoms with E-state index in [1.165, 1.54) is 11.0 Å². The molecule has 0 fully saturated rings. The van der Waals surface area contributed by atoms with Crippen molar-refractivity contribution in [3.8, 4) is 0 Å². The van der Waals surface area contributed by atoms with Gasteiger partial charge < -0.3 is 9.47 Å². The minimum atomic E-state index is -0.528. The van der Waals surface area contributed by atoms with Crippen molar-refractivity contribution in [2.24, 2.45) is 0 Å². The summed E-state index contributed by atoms with van der Waals surface area (Å²) in [6.07, 6.45) is 6.20. The van der Waals surface area contributed by atoms with Crippen molar-refractivity contribution < 1.29 is 19.1 Å². The van der Waals surface area contributed by atoms with Crippen LogP contribution in [0.25, 0.3) is 6.08 Å². The quantitative estimate of drug-likeness (QED) is 0.461. The molecule has 1 aromatic rings. The van der Waals surface area contributed by atoms with Gasteiger partial charge in [0.2, 0.25) is 0 Å². The number of benzene rings is 1. The molecule has 24 heavy (non-hydrogen) atoms. The highest BCUT2D eigenvalue weighted by molar-refractivity contribution is 5.87. The summed E-state index contributed by atoms with van der Waals surface area (Å²) < 4.78 is 10.1. The zero-order valence-electron chi connectivity index (χ0n) is 14.9. The van der Waals surface area contributed by atoms with E-state index >= 15 is 0 Å². The molecular formula is C19H25NO4. The first kappa shape index (κ1) is 19.5. The van der Waals surface area contributed by atoms with Crippen LogP contribution in [0.15, 0.2) is 42.5 Å². The van der Waals surface area contributed by atoms with Gasteiger partial charge >= 0.3 is 12.1 Å². The molecule has 0 bridgehead atoms. The van der Waals surface area contributed by atoms with Crippen LogP contribution in [-0.4, -0.2) is 31.3 Å². The molecule has 0 heterocycles. The molecule has 0 aliphatic carbocycles. The molecule has 0 atom stereocenters. The van der Waals surface area contributed by atoms with Crippen LogP contribution in [0.5, 0.6) is 0 Å². The Morgan fingerprint density at radius 2 is 1.75 bits per heavy atom. The molecule has 130 valence electrons. The van der Waals surface area contributed by atoms with Crippen molar-refractivity contribution >= 4 is 23.8 Å². The first-order valence-corrected chi connectivity index (χ1v) is 7.81. The number of esters is 1. The van der Waals surface area contributed by atoms with Crippen LogP contribution in [0.1, 0.15) is 33.3 Å². The fourth-order valence-electron chi connectivity index (χ4n) is 1.74. The molecule has 0 aliphatic heterocycles. The highest BCUT2D eigenvalue weighted by atomic mass is 16.6. The number of anilines is 1. The van der Waals surface area contributed by atoms with Crippen molar-refractivity contribution in [3.63, 3.8) is 0 Å². The smallest absolute Gasteiger partial charge is 0.414 e. The van der Waals surface area contributed by atoms with E-state index < -0.39 is 11.7 Å². The van der Waals surface area contributed by atoms with Crippen LogP contribution in [0, 0.1) is 0 Å². The zero-order valence-corrected chi connectivity index (χ0v) is 14.9. The topological polar surface area (TPSA) is 55.8 Å². The molecule has 0 aromatic heterocycles. The third kappa shape index (κ3) is 7.13. The van der Waals surface area contributed by atoms with E-state index in [9.17, 15) is 9.59 Å². The van der Waals surface area contributed by atoms with Crippen molar-refractivity contribution in [3.05, 3.63) is 48.1 Å². The largest absolute Gasteiger partial charge is 0.463 e. The summed E-state index contributed by atoms with van der Waals surface area (Å²) in [4.78, 5) is 24.6. The minimum Gasteiger partial charge on any atom is -0.463 e. The third-order valence-corrected chi connectivity index (χ3v) is 2.87. The SMILES string of the molecule is CCOC(=O)C=CC=Cc1ccc(N(C)C(=O)OC(C)(C)C)cc1. The lowest BCUT2D eigenvalue weighted by Gasteiger charge is -2.24. The van der Waals surface area contributed by atoms with Gasteiger partial charge in [0.05, 0.1) is 6.61 Å². The Morgan fingerprint density at radius 3 is 2.29 bits per heavy atom. The molecule has 5 nitrogen and oxygen atoms in total. The summed E-state index contributed by atoms with van der Waals surface area (Å²) in [6.45, 7) is 7.61. The van der Waals surface area contributed by atoms with Crippen LogP contribution in [0.2, 0.25) is 0 Å². The summed E-state index contributed by atoms with van der Waals surface area (Å²) in [5.41, 5.74) is 1.16. The van der Waals surface area contributed by atoms with Gasteiger partial charge in [-0.15, -0.1) is 0 Å². The highest BCUT2D eigenvalue weighted by Gasteiger charge is 2.20. The van der Waals surface area contributed by atoms with E-state index in [1.807, 2.05) is 51.1 Å². The van der Waals surface area contributed by atoms with Crippen molar-refractivity contribution in [1.29, 1.82) is 0 Å². The second kappa shape index (κ2) is 8.91. The van der Waals surface area contributed by atoms with Gasteiger partial charge in [-0.3, -0.25) is 4.90 Å². The first-order chi connectivity index (χ1) is 11.2. The second-order valence-electron chi connectivity index (χ2n) is 6.10. The van der Waals surface area contributed by atoms with Crippen LogP contribution >= 0.6 is 0 Å². The fraction of sp³-hybridized carbons (Fsp3) is 0.368. The number of carbonyl (C=O) groups is 2. The summed E-state index contributed by atoms with van der Waals surface area (Å²) in [6, 6.07) is 7.42. The Hall–Kier alpha value is -2.56. The number of hydrogen-bond acceptors (Lipinski definition) is 4. The first-order valence-electron chi connectivity index (χ1n) is 7.81. The molecule has 0 radical (unpaired) electrons. The van der Waals surface area contributed by atoms with Crippen LogP contribution in [0.4, 0.5) is 10.5 Å². The molecule has 1 aromatic carbocycles. The third-order valence-electron chi connectivity index (χ3n) is 2.87. The summed E-state index contributed by atoms with van der Waals surface area (Å²) >= 11 is 0. The molecule has 0 saturated carbocycles. The van der Waals surface area contributed by atoms with Gasteiger partial charge in [-0.25, -0.2) is 9.59 Å². The lowest BCUT2D eigenvalue weighted by molar-refractivity contribution is -0.137. The van der Waals surface area contributed by atoms with Gasteiger partial charge in [-0.2, -0.15) is 0 Å².